The number of thiophene rings is 1. The minimum Gasteiger partial charge on any atom is -0.462 e. The maximum Gasteiger partial charge on any atom is 0.350 e. The van der Waals surface area contributed by atoms with Crippen molar-refractivity contribution in [3.63, 3.8) is 0 Å². The molecule has 8 nitrogen and oxygen atoms in total. The Morgan fingerprint density at radius 2 is 1.78 bits per heavy atom. The van der Waals surface area contributed by atoms with E-state index < -0.39 is 27.7 Å². The van der Waals surface area contributed by atoms with Gasteiger partial charge in [0.05, 0.1) is 28.4 Å². The van der Waals surface area contributed by atoms with Crippen molar-refractivity contribution in [3.05, 3.63) is 82.1 Å². The number of halogens is 1. The zero-order valence-corrected chi connectivity index (χ0v) is 21.2. The van der Waals surface area contributed by atoms with Crippen LogP contribution in [0.3, 0.4) is 0 Å². The van der Waals surface area contributed by atoms with Gasteiger partial charge in [-0.05, 0) is 68.8 Å². The molecule has 2 aromatic carbocycles. The van der Waals surface area contributed by atoms with Crippen LogP contribution in [-0.4, -0.2) is 31.9 Å². The molecule has 0 radical (unpaired) electrons. The molecule has 4 aromatic rings. The van der Waals surface area contributed by atoms with E-state index in [1.165, 1.54) is 12.1 Å². The maximum atomic E-state index is 13.4. The molecule has 0 aliphatic heterocycles. The highest BCUT2D eigenvalue weighted by atomic mass is 32.2. The largest absolute Gasteiger partial charge is 0.462 e. The Bertz CT molecular complexity index is 1580. The summed E-state index contributed by atoms with van der Waals surface area (Å²) in [7, 11) is -4.10. The molecule has 0 bridgehead atoms. The molecule has 2 N–H and O–H groups in total. The van der Waals surface area contributed by atoms with Crippen molar-refractivity contribution in [3.8, 4) is 0 Å². The van der Waals surface area contributed by atoms with Gasteiger partial charge >= 0.3 is 5.97 Å². The predicted octanol–water partition coefficient (Wildman–Crippen LogP) is 5.28. The fourth-order valence-electron chi connectivity index (χ4n) is 3.67. The van der Waals surface area contributed by atoms with Crippen molar-refractivity contribution >= 4 is 54.8 Å². The summed E-state index contributed by atoms with van der Waals surface area (Å²) in [5.41, 5.74) is 1.86. The minimum absolute atomic E-state index is 0.0160. The molecule has 2 heterocycles. The normalized spacial score (nSPS) is 11.3. The number of carbonyl (C=O) groups excluding carboxylic acids is 2. The Hall–Kier alpha value is -3.83. The Labute approximate surface area is 211 Å². The lowest BCUT2D eigenvalue weighted by molar-refractivity contribution is 0.0533. The van der Waals surface area contributed by atoms with Gasteiger partial charge in [-0.1, -0.05) is 12.1 Å². The molecule has 0 atom stereocenters. The molecule has 0 saturated heterocycles. The van der Waals surface area contributed by atoms with Crippen molar-refractivity contribution in [1.29, 1.82) is 0 Å². The van der Waals surface area contributed by atoms with Crippen molar-refractivity contribution in [2.75, 3.05) is 16.6 Å². The molecule has 186 valence electrons. The second-order valence-corrected chi connectivity index (χ2v) is 10.5. The first-order chi connectivity index (χ1) is 17.1. The average molecular weight is 528 g/mol. The number of nitrogens with zero attached hydrogens (tertiary/aromatic N) is 1. The van der Waals surface area contributed by atoms with Gasteiger partial charge in [0.2, 0.25) is 0 Å². The molecule has 2 aromatic heterocycles. The summed E-state index contributed by atoms with van der Waals surface area (Å²) in [6, 6.07) is 12.2. The highest BCUT2D eigenvalue weighted by molar-refractivity contribution is 7.92. The van der Waals surface area contributed by atoms with E-state index >= 15 is 0 Å². The van der Waals surface area contributed by atoms with Crippen LogP contribution in [0.4, 0.5) is 15.8 Å². The van der Waals surface area contributed by atoms with E-state index in [0.717, 1.165) is 46.9 Å². The summed E-state index contributed by atoms with van der Waals surface area (Å²) >= 11 is 1.11. The summed E-state index contributed by atoms with van der Waals surface area (Å²) in [5.74, 6) is -1.81. The first-order valence-corrected chi connectivity index (χ1v) is 13.2. The molecule has 0 saturated carbocycles. The summed E-state index contributed by atoms with van der Waals surface area (Å²) in [5, 5.41) is 3.37. The molecule has 11 heteroatoms. The number of rotatable bonds is 7. The van der Waals surface area contributed by atoms with E-state index in [-0.39, 0.29) is 33.3 Å². The summed E-state index contributed by atoms with van der Waals surface area (Å²) in [6.07, 6.45) is 0. The van der Waals surface area contributed by atoms with Crippen molar-refractivity contribution in [2.45, 2.75) is 25.7 Å². The van der Waals surface area contributed by atoms with Gasteiger partial charge in [-0.25, -0.2) is 22.6 Å². The number of aryl methyl sites for hydroxylation is 2. The van der Waals surface area contributed by atoms with E-state index in [0.29, 0.717) is 10.2 Å². The van der Waals surface area contributed by atoms with E-state index in [4.69, 9.17) is 4.74 Å². The van der Waals surface area contributed by atoms with Crippen LogP contribution in [0.1, 0.15) is 38.2 Å². The van der Waals surface area contributed by atoms with Gasteiger partial charge in [0, 0.05) is 11.1 Å². The highest BCUT2D eigenvalue weighted by Crippen LogP contribution is 2.38. The van der Waals surface area contributed by atoms with Gasteiger partial charge < -0.3 is 10.1 Å². The molecular weight excluding hydrogens is 505 g/mol. The van der Waals surface area contributed by atoms with Crippen molar-refractivity contribution < 1.29 is 27.1 Å². The number of pyridine rings is 1. The number of esters is 1. The van der Waals surface area contributed by atoms with Gasteiger partial charge in [0.15, 0.2) is 0 Å². The number of hydrogen-bond acceptors (Lipinski definition) is 7. The zero-order chi connectivity index (χ0) is 26.0. The Morgan fingerprint density at radius 3 is 2.47 bits per heavy atom. The van der Waals surface area contributed by atoms with Crippen LogP contribution in [0.5, 0.6) is 0 Å². The lowest BCUT2D eigenvalue weighted by atomic mass is 10.1. The quantitative estimate of drug-likeness (QED) is 0.316. The number of ether oxygens (including phenoxy) is 1. The van der Waals surface area contributed by atoms with Crippen LogP contribution in [0, 0.1) is 19.7 Å². The molecular formula is C25H22FN3O5S2. The second-order valence-electron chi connectivity index (χ2n) is 7.85. The number of fused-ring (bicyclic) bond motifs is 1. The SMILES string of the molecule is CCOC(=O)c1sc2nc(C)cc(C)c2c1NC(=O)c1ccccc1NS(=O)(=O)c1ccc(F)cc1. The third-order valence-electron chi connectivity index (χ3n) is 5.23. The van der Waals surface area contributed by atoms with E-state index in [1.807, 2.05) is 19.9 Å². The zero-order valence-electron chi connectivity index (χ0n) is 19.6. The number of anilines is 2. The number of carbonyl (C=O) groups is 2. The lowest BCUT2D eigenvalue weighted by Gasteiger charge is -2.14. The molecule has 0 fully saturated rings. The van der Waals surface area contributed by atoms with Gasteiger partial charge in [0.25, 0.3) is 15.9 Å². The molecule has 0 unspecified atom stereocenters. The minimum atomic E-state index is -4.10. The number of para-hydroxylation sites is 1. The summed E-state index contributed by atoms with van der Waals surface area (Å²) in [4.78, 5) is 31.1. The molecule has 4 rings (SSSR count). The smallest absolute Gasteiger partial charge is 0.350 e. The number of amides is 1. The lowest BCUT2D eigenvalue weighted by Crippen LogP contribution is -2.19. The number of nitrogens with one attached hydrogen (secondary N) is 2. The van der Waals surface area contributed by atoms with Gasteiger partial charge in [-0.2, -0.15) is 0 Å². The Balaban J connectivity index is 1.73. The third kappa shape index (κ3) is 5.07. The number of hydrogen-bond donors (Lipinski definition) is 2. The number of benzene rings is 2. The average Bonchev–Trinajstić information content (AvgIpc) is 3.18. The number of sulfonamides is 1. The third-order valence-corrected chi connectivity index (χ3v) is 7.67. The number of aromatic nitrogens is 1. The van der Waals surface area contributed by atoms with E-state index in [2.05, 4.69) is 15.0 Å². The van der Waals surface area contributed by atoms with Crippen LogP contribution in [0.15, 0.2) is 59.5 Å². The van der Waals surface area contributed by atoms with Crippen LogP contribution in [0.25, 0.3) is 10.2 Å². The molecule has 0 spiro atoms. The monoisotopic (exact) mass is 527 g/mol. The van der Waals surface area contributed by atoms with Crippen LogP contribution >= 0.6 is 11.3 Å². The van der Waals surface area contributed by atoms with Crippen LogP contribution in [0.2, 0.25) is 0 Å². The molecule has 0 aliphatic rings. The summed E-state index contributed by atoms with van der Waals surface area (Å²) in [6.45, 7) is 5.51. The van der Waals surface area contributed by atoms with Crippen molar-refractivity contribution in [2.24, 2.45) is 0 Å². The standard InChI is InChI=1S/C25H22FN3O5S2/c1-4-34-25(31)22-21(20-14(2)13-15(3)27-24(20)35-22)28-23(30)18-7-5-6-8-19(18)29-36(32,33)17-11-9-16(26)10-12-17/h5-13,29H,4H2,1-3H3,(H,28,30). The van der Waals surface area contributed by atoms with Crippen molar-refractivity contribution in [1.82, 2.24) is 4.98 Å². The van der Waals surface area contributed by atoms with Crippen LogP contribution in [-0.2, 0) is 14.8 Å². The first-order valence-electron chi connectivity index (χ1n) is 10.9. The van der Waals surface area contributed by atoms with E-state index in [9.17, 15) is 22.4 Å². The van der Waals surface area contributed by atoms with Gasteiger partial charge in [-0.3, -0.25) is 9.52 Å². The fraction of sp³-hybridized carbons (Fsp3) is 0.160. The molecule has 1 amide bonds. The second kappa shape index (κ2) is 10.0. The van der Waals surface area contributed by atoms with Crippen LogP contribution < -0.4 is 10.0 Å². The summed E-state index contributed by atoms with van der Waals surface area (Å²) < 4.78 is 46.5. The predicted molar refractivity (Wildman–Crippen MR) is 137 cm³/mol. The first kappa shape index (κ1) is 25.3. The van der Waals surface area contributed by atoms with Gasteiger partial charge in [-0.15, -0.1) is 11.3 Å². The highest BCUT2D eigenvalue weighted by Gasteiger charge is 2.25. The van der Waals surface area contributed by atoms with E-state index in [1.54, 1.807) is 19.1 Å². The molecule has 0 aliphatic carbocycles. The molecule has 36 heavy (non-hydrogen) atoms. The maximum absolute atomic E-state index is 13.4. The Kier molecular flexibility index (Phi) is 7.04. The Morgan fingerprint density at radius 1 is 1.08 bits per heavy atom. The van der Waals surface area contributed by atoms with Gasteiger partial charge in [0.1, 0.15) is 15.5 Å². The topological polar surface area (TPSA) is 114 Å². The fourth-order valence-corrected chi connectivity index (χ4v) is 5.90.